The third-order valence-corrected chi connectivity index (χ3v) is 3.01. The predicted octanol–water partition coefficient (Wildman–Crippen LogP) is 3.95. The van der Waals surface area contributed by atoms with Crippen molar-refractivity contribution >= 4 is 0 Å². The van der Waals surface area contributed by atoms with Crippen LogP contribution in [-0.2, 0) is 0 Å². The van der Waals surface area contributed by atoms with Crippen molar-refractivity contribution in [3.8, 4) is 5.75 Å². The predicted molar refractivity (Wildman–Crippen MR) is 78.1 cm³/mol. The van der Waals surface area contributed by atoms with Crippen molar-refractivity contribution in [1.82, 2.24) is 0 Å². The number of hydrogen-bond donors (Lipinski definition) is 1. The Kier molecular flexibility index (Phi) is 5.21. The van der Waals surface area contributed by atoms with Crippen LogP contribution in [0.3, 0.4) is 0 Å². The fourth-order valence-electron chi connectivity index (χ4n) is 2.20. The molecule has 1 aromatic rings. The van der Waals surface area contributed by atoms with Gasteiger partial charge in [-0.2, -0.15) is 0 Å². The zero-order valence-corrected chi connectivity index (χ0v) is 12.4. The highest BCUT2D eigenvalue weighted by Gasteiger charge is 2.16. The Bertz CT molecular complexity index is 348. The van der Waals surface area contributed by atoms with Crippen LogP contribution >= 0.6 is 0 Å². The molecule has 0 saturated heterocycles. The van der Waals surface area contributed by atoms with E-state index in [1.807, 2.05) is 0 Å². The van der Waals surface area contributed by atoms with Gasteiger partial charge in [0.25, 0.3) is 0 Å². The van der Waals surface area contributed by atoms with Crippen LogP contribution in [0, 0.1) is 5.92 Å². The highest BCUT2D eigenvalue weighted by molar-refractivity contribution is 5.30. The average Bonchev–Trinajstić information content (AvgIpc) is 2.25. The van der Waals surface area contributed by atoms with Gasteiger partial charge in [0, 0.05) is 0 Å². The van der Waals surface area contributed by atoms with Gasteiger partial charge in [-0.25, -0.2) is 0 Å². The monoisotopic (exact) mass is 249 g/mol. The molecule has 0 aliphatic heterocycles. The van der Waals surface area contributed by atoms with Crippen molar-refractivity contribution in [2.24, 2.45) is 11.7 Å². The van der Waals surface area contributed by atoms with E-state index in [-0.39, 0.29) is 5.60 Å². The summed E-state index contributed by atoms with van der Waals surface area (Å²) in [6.07, 6.45) is 1.04. The molecule has 102 valence electrons. The minimum atomic E-state index is -0.143. The van der Waals surface area contributed by atoms with Gasteiger partial charge < -0.3 is 10.5 Å². The molecular formula is C16H27NO. The molecule has 0 heterocycles. The molecule has 1 unspecified atom stereocenters. The molecule has 0 fully saturated rings. The fraction of sp³-hybridized carbons (Fsp3) is 0.625. The Morgan fingerprint density at radius 3 is 2.06 bits per heavy atom. The van der Waals surface area contributed by atoms with E-state index in [4.69, 9.17) is 10.5 Å². The van der Waals surface area contributed by atoms with Crippen molar-refractivity contribution in [1.29, 1.82) is 0 Å². The minimum Gasteiger partial charge on any atom is -0.488 e. The molecule has 2 heteroatoms. The second kappa shape index (κ2) is 6.24. The quantitative estimate of drug-likeness (QED) is 0.857. The zero-order chi connectivity index (χ0) is 13.8. The number of benzene rings is 1. The Morgan fingerprint density at radius 2 is 1.67 bits per heavy atom. The van der Waals surface area contributed by atoms with E-state index in [0.717, 1.165) is 18.7 Å². The normalized spacial score (nSPS) is 13.7. The lowest BCUT2D eigenvalue weighted by Gasteiger charge is -2.23. The van der Waals surface area contributed by atoms with E-state index in [0.29, 0.717) is 11.8 Å². The number of rotatable bonds is 5. The zero-order valence-electron chi connectivity index (χ0n) is 12.4. The van der Waals surface area contributed by atoms with Gasteiger partial charge in [0.1, 0.15) is 11.4 Å². The van der Waals surface area contributed by atoms with Crippen molar-refractivity contribution < 1.29 is 4.74 Å². The first kappa shape index (κ1) is 15.0. The lowest BCUT2D eigenvalue weighted by molar-refractivity contribution is 0.131. The summed E-state index contributed by atoms with van der Waals surface area (Å²) in [7, 11) is 0. The van der Waals surface area contributed by atoms with E-state index >= 15 is 0 Å². The first-order valence-corrected chi connectivity index (χ1v) is 6.82. The van der Waals surface area contributed by atoms with E-state index in [9.17, 15) is 0 Å². The van der Waals surface area contributed by atoms with Crippen LogP contribution in [0.4, 0.5) is 0 Å². The topological polar surface area (TPSA) is 35.2 Å². The summed E-state index contributed by atoms with van der Waals surface area (Å²) in [5, 5.41) is 0. The second-order valence-electron chi connectivity index (χ2n) is 6.21. The summed E-state index contributed by atoms with van der Waals surface area (Å²) in [6, 6.07) is 8.46. The molecule has 0 saturated carbocycles. The van der Waals surface area contributed by atoms with Gasteiger partial charge in [-0.1, -0.05) is 26.0 Å². The smallest absolute Gasteiger partial charge is 0.120 e. The highest BCUT2D eigenvalue weighted by atomic mass is 16.5. The third-order valence-electron chi connectivity index (χ3n) is 3.01. The maximum atomic E-state index is 5.83. The van der Waals surface area contributed by atoms with Gasteiger partial charge >= 0.3 is 0 Å². The lowest BCUT2D eigenvalue weighted by Crippen LogP contribution is -2.22. The summed E-state index contributed by atoms with van der Waals surface area (Å²) < 4.78 is 5.83. The molecule has 2 N–H and O–H groups in total. The Balaban J connectivity index is 2.80. The third kappa shape index (κ3) is 4.69. The van der Waals surface area contributed by atoms with E-state index < -0.39 is 0 Å². The summed E-state index contributed by atoms with van der Waals surface area (Å²) in [4.78, 5) is 0. The number of hydrogen-bond acceptors (Lipinski definition) is 2. The molecule has 0 spiro atoms. The van der Waals surface area contributed by atoms with Crippen LogP contribution in [0.2, 0.25) is 0 Å². The molecule has 1 rings (SSSR count). The summed E-state index contributed by atoms with van der Waals surface area (Å²) >= 11 is 0. The molecule has 0 aliphatic rings. The van der Waals surface area contributed by atoms with Gasteiger partial charge in [-0.3, -0.25) is 0 Å². The Morgan fingerprint density at radius 1 is 1.11 bits per heavy atom. The maximum Gasteiger partial charge on any atom is 0.120 e. The van der Waals surface area contributed by atoms with Gasteiger partial charge in [0.2, 0.25) is 0 Å². The highest BCUT2D eigenvalue weighted by Crippen LogP contribution is 2.29. The van der Waals surface area contributed by atoms with E-state index in [1.165, 1.54) is 5.56 Å². The molecule has 0 aromatic heterocycles. The molecule has 1 aromatic carbocycles. The van der Waals surface area contributed by atoms with Crippen molar-refractivity contribution in [3.05, 3.63) is 29.8 Å². The van der Waals surface area contributed by atoms with Crippen LogP contribution in [0.15, 0.2) is 24.3 Å². The van der Waals surface area contributed by atoms with Crippen LogP contribution in [-0.4, -0.2) is 12.1 Å². The Labute approximate surface area is 112 Å². The van der Waals surface area contributed by atoms with Gasteiger partial charge in [-0.15, -0.1) is 0 Å². The van der Waals surface area contributed by atoms with Crippen molar-refractivity contribution in [3.63, 3.8) is 0 Å². The van der Waals surface area contributed by atoms with Crippen molar-refractivity contribution in [2.75, 3.05) is 6.54 Å². The fourth-order valence-corrected chi connectivity index (χ4v) is 2.20. The maximum absolute atomic E-state index is 5.83. The van der Waals surface area contributed by atoms with Gasteiger partial charge in [0.05, 0.1) is 0 Å². The first-order valence-electron chi connectivity index (χ1n) is 6.82. The van der Waals surface area contributed by atoms with Crippen LogP contribution < -0.4 is 10.5 Å². The van der Waals surface area contributed by atoms with Crippen LogP contribution in [0.25, 0.3) is 0 Å². The molecule has 0 aliphatic carbocycles. The molecular weight excluding hydrogens is 222 g/mol. The number of nitrogens with two attached hydrogens (primary N) is 1. The molecule has 0 bridgehead atoms. The van der Waals surface area contributed by atoms with Crippen LogP contribution in [0.1, 0.15) is 52.5 Å². The summed E-state index contributed by atoms with van der Waals surface area (Å²) in [6.45, 7) is 11.4. The average molecular weight is 249 g/mol. The lowest BCUT2D eigenvalue weighted by atomic mass is 9.86. The number of ether oxygens (including phenoxy) is 1. The second-order valence-corrected chi connectivity index (χ2v) is 6.21. The van der Waals surface area contributed by atoms with E-state index in [1.54, 1.807) is 0 Å². The summed E-state index contributed by atoms with van der Waals surface area (Å²) in [5.41, 5.74) is 6.91. The largest absolute Gasteiger partial charge is 0.488 e. The molecule has 1 atom stereocenters. The standard InChI is InChI=1S/C16H27NO/c1-12(2)15(10-11-17)13-6-8-14(9-7-13)18-16(3,4)5/h6-9,12,15H,10-11,17H2,1-5H3. The first-order chi connectivity index (χ1) is 8.33. The minimum absolute atomic E-state index is 0.143. The van der Waals surface area contributed by atoms with E-state index in [2.05, 4.69) is 58.9 Å². The Hall–Kier alpha value is -1.02. The molecule has 18 heavy (non-hydrogen) atoms. The SMILES string of the molecule is CC(C)C(CCN)c1ccc(OC(C)(C)C)cc1. The van der Waals surface area contributed by atoms with Crippen LogP contribution in [0.5, 0.6) is 5.75 Å². The summed E-state index contributed by atoms with van der Waals surface area (Å²) in [5.74, 6) is 2.09. The van der Waals surface area contributed by atoms with Gasteiger partial charge in [-0.05, 0) is 63.3 Å². The molecule has 0 radical (unpaired) electrons. The molecule has 2 nitrogen and oxygen atoms in total. The van der Waals surface area contributed by atoms with Gasteiger partial charge in [0.15, 0.2) is 0 Å². The molecule has 0 amide bonds. The van der Waals surface area contributed by atoms with Crippen molar-refractivity contribution in [2.45, 2.75) is 52.6 Å².